The maximum atomic E-state index is 13.9. The SMILES string of the molecule is C=CC[C@H]1C[C@H](c2cccc(Cl)c2)[C@@H](c2ccc(Cl)cc2)N([C@@H](CC)COCC2CC2)C1=O. The van der Waals surface area contributed by atoms with Crippen molar-refractivity contribution >= 4 is 29.1 Å². The van der Waals surface area contributed by atoms with E-state index in [2.05, 4.69) is 36.6 Å². The van der Waals surface area contributed by atoms with E-state index in [9.17, 15) is 4.79 Å². The van der Waals surface area contributed by atoms with Gasteiger partial charge in [0.15, 0.2) is 0 Å². The molecule has 0 unspecified atom stereocenters. The molecule has 0 N–H and O–H groups in total. The predicted octanol–water partition coefficient (Wildman–Crippen LogP) is 7.45. The number of carbonyl (C=O) groups excluding carboxylic acids is 1. The lowest BCUT2D eigenvalue weighted by Gasteiger charge is -2.48. The van der Waals surface area contributed by atoms with Gasteiger partial charge in [-0.05, 0) is 73.4 Å². The van der Waals surface area contributed by atoms with Crippen LogP contribution in [0.1, 0.15) is 62.1 Å². The molecule has 1 saturated carbocycles. The largest absolute Gasteiger partial charge is 0.379 e. The van der Waals surface area contributed by atoms with E-state index in [0.29, 0.717) is 29.0 Å². The third-order valence-corrected chi connectivity index (χ3v) is 7.47. The smallest absolute Gasteiger partial charge is 0.226 e. The van der Waals surface area contributed by atoms with Gasteiger partial charge in [0.2, 0.25) is 5.91 Å². The van der Waals surface area contributed by atoms with E-state index in [1.807, 2.05) is 36.4 Å². The van der Waals surface area contributed by atoms with Crippen LogP contribution >= 0.6 is 23.2 Å². The highest BCUT2D eigenvalue weighted by molar-refractivity contribution is 6.30. The van der Waals surface area contributed by atoms with Crippen LogP contribution in [0.2, 0.25) is 10.0 Å². The van der Waals surface area contributed by atoms with Crippen LogP contribution in [0.3, 0.4) is 0 Å². The second kappa shape index (κ2) is 11.1. The molecule has 2 aromatic carbocycles. The number of amides is 1. The maximum Gasteiger partial charge on any atom is 0.226 e. The van der Waals surface area contributed by atoms with Crippen LogP contribution in [0, 0.1) is 11.8 Å². The van der Waals surface area contributed by atoms with Crippen molar-refractivity contribution in [2.75, 3.05) is 13.2 Å². The monoisotopic (exact) mass is 485 g/mol. The fourth-order valence-corrected chi connectivity index (χ4v) is 5.37. The summed E-state index contributed by atoms with van der Waals surface area (Å²) in [5.74, 6) is 0.895. The number of allylic oxidation sites excluding steroid dienone is 1. The summed E-state index contributed by atoms with van der Waals surface area (Å²) in [6, 6.07) is 15.9. The Balaban J connectivity index is 1.75. The molecule has 0 bridgehead atoms. The number of hydrogen-bond acceptors (Lipinski definition) is 2. The number of hydrogen-bond donors (Lipinski definition) is 0. The number of piperidine rings is 1. The molecule has 1 aliphatic carbocycles. The molecule has 176 valence electrons. The number of benzene rings is 2. The normalized spacial score (nSPS) is 24.0. The molecule has 3 nitrogen and oxygen atoms in total. The molecule has 0 radical (unpaired) electrons. The van der Waals surface area contributed by atoms with Gasteiger partial charge in [-0.2, -0.15) is 0 Å². The van der Waals surface area contributed by atoms with E-state index >= 15 is 0 Å². The van der Waals surface area contributed by atoms with Gasteiger partial charge in [-0.15, -0.1) is 6.58 Å². The number of carbonyl (C=O) groups is 1. The van der Waals surface area contributed by atoms with Crippen molar-refractivity contribution in [2.45, 2.75) is 57.0 Å². The topological polar surface area (TPSA) is 29.5 Å². The van der Waals surface area contributed by atoms with Crippen LogP contribution in [0.15, 0.2) is 61.2 Å². The third kappa shape index (κ3) is 5.82. The van der Waals surface area contributed by atoms with Crippen molar-refractivity contribution in [1.29, 1.82) is 0 Å². The van der Waals surface area contributed by atoms with Gasteiger partial charge in [-0.3, -0.25) is 4.79 Å². The van der Waals surface area contributed by atoms with Crippen molar-refractivity contribution < 1.29 is 9.53 Å². The quantitative estimate of drug-likeness (QED) is 0.327. The first-order valence-corrected chi connectivity index (χ1v) is 12.8. The molecule has 1 heterocycles. The Morgan fingerprint density at radius 3 is 2.52 bits per heavy atom. The molecule has 2 fully saturated rings. The van der Waals surface area contributed by atoms with E-state index in [0.717, 1.165) is 30.6 Å². The van der Waals surface area contributed by atoms with Gasteiger partial charge in [0.05, 0.1) is 18.7 Å². The summed E-state index contributed by atoms with van der Waals surface area (Å²) in [4.78, 5) is 16.0. The van der Waals surface area contributed by atoms with Crippen LogP contribution < -0.4 is 0 Å². The van der Waals surface area contributed by atoms with E-state index in [1.165, 1.54) is 12.8 Å². The van der Waals surface area contributed by atoms with Crippen LogP contribution in [0.5, 0.6) is 0 Å². The average Bonchev–Trinajstić information content (AvgIpc) is 3.63. The summed E-state index contributed by atoms with van der Waals surface area (Å²) in [5.41, 5.74) is 2.25. The molecular formula is C28H33Cl2NO2. The molecule has 4 rings (SSSR count). The summed E-state index contributed by atoms with van der Waals surface area (Å²) >= 11 is 12.6. The second-order valence-electron chi connectivity index (χ2n) is 9.40. The molecule has 1 amide bonds. The Bertz CT molecular complexity index is 957. The second-order valence-corrected chi connectivity index (χ2v) is 10.3. The van der Waals surface area contributed by atoms with Gasteiger partial charge in [-0.1, -0.05) is 60.5 Å². The summed E-state index contributed by atoms with van der Waals surface area (Å²) < 4.78 is 6.11. The van der Waals surface area contributed by atoms with Crippen LogP contribution in [-0.2, 0) is 9.53 Å². The lowest BCUT2D eigenvalue weighted by atomic mass is 9.74. The molecule has 0 aromatic heterocycles. The Morgan fingerprint density at radius 1 is 1.12 bits per heavy atom. The van der Waals surface area contributed by atoms with Gasteiger partial charge in [0.25, 0.3) is 0 Å². The molecule has 2 aliphatic rings. The summed E-state index contributed by atoms with van der Waals surface area (Å²) in [6.07, 6.45) is 6.64. The predicted molar refractivity (Wildman–Crippen MR) is 136 cm³/mol. The summed E-state index contributed by atoms with van der Waals surface area (Å²) in [7, 11) is 0. The molecule has 1 saturated heterocycles. The lowest BCUT2D eigenvalue weighted by molar-refractivity contribution is -0.148. The summed E-state index contributed by atoms with van der Waals surface area (Å²) in [6.45, 7) is 7.42. The van der Waals surface area contributed by atoms with Crippen molar-refractivity contribution in [3.8, 4) is 0 Å². The molecule has 33 heavy (non-hydrogen) atoms. The van der Waals surface area contributed by atoms with E-state index in [-0.39, 0.29) is 29.8 Å². The number of likely N-dealkylation sites (tertiary alicyclic amines) is 1. The average molecular weight is 486 g/mol. The molecular weight excluding hydrogens is 453 g/mol. The first-order chi connectivity index (χ1) is 16.0. The van der Waals surface area contributed by atoms with Gasteiger partial charge < -0.3 is 9.64 Å². The number of ether oxygens (including phenoxy) is 1. The Hall–Kier alpha value is -1.81. The van der Waals surface area contributed by atoms with Crippen molar-refractivity contribution in [2.24, 2.45) is 11.8 Å². The first kappa shape index (κ1) is 24.3. The van der Waals surface area contributed by atoms with Gasteiger partial charge in [-0.25, -0.2) is 0 Å². The fraction of sp³-hybridized carbons (Fsp3) is 0.464. The van der Waals surface area contributed by atoms with Crippen molar-refractivity contribution in [3.63, 3.8) is 0 Å². The van der Waals surface area contributed by atoms with Crippen LogP contribution in [0.4, 0.5) is 0 Å². The van der Waals surface area contributed by atoms with E-state index in [4.69, 9.17) is 27.9 Å². The minimum atomic E-state index is -0.108. The van der Waals surface area contributed by atoms with Crippen molar-refractivity contribution in [1.82, 2.24) is 4.90 Å². The highest BCUT2D eigenvalue weighted by Crippen LogP contribution is 2.47. The number of rotatable bonds is 10. The first-order valence-electron chi connectivity index (χ1n) is 12.0. The molecule has 1 aliphatic heterocycles. The minimum absolute atomic E-state index is 0.00577. The van der Waals surface area contributed by atoms with Crippen LogP contribution in [0.25, 0.3) is 0 Å². The molecule has 0 spiro atoms. The number of nitrogens with zero attached hydrogens (tertiary/aromatic N) is 1. The highest BCUT2D eigenvalue weighted by atomic mass is 35.5. The molecule has 4 atom stereocenters. The molecule has 2 aromatic rings. The zero-order chi connectivity index (χ0) is 23.4. The standard InChI is InChI=1S/C28H33Cl2NO2/c1-3-6-22-16-26(21-7-5-8-24(30)15-21)27(20-11-13-23(29)14-12-20)31(28(22)32)25(4-2)18-33-17-19-9-10-19/h3,5,7-8,11-15,19,22,25-27H,1,4,6,9-10,16-18H2,2H3/t22-,25-,26+,27+/m0/s1. The zero-order valence-corrected chi connectivity index (χ0v) is 20.8. The van der Waals surface area contributed by atoms with Crippen molar-refractivity contribution in [3.05, 3.63) is 82.4 Å². The lowest BCUT2D eigenvalue weighted by Crippen LogP contribution is -2.52. The van der Waals surface area contributed by atoms with Crippen LogP contribution in [-0.4, -0.2) is 30.1 Å². The van der Waals surface area contributed by atoms with E-state index in [1.54, 1.807) is 0 Å². The fourth-order valence-electron chi connectivity index (χ4n) is 5.04. The maximum absolute atomic E-state index is 13.9. The van der Waals surface area contributed by atoms with Gasteiger partial charge >= 0.3 is 0 Å². The minimum Gasteiger partial charge on any atom is -0.379 e. The van der Waals surface area contributed by atoms with Gasteiger partial charge in [0, 0.05) is 28.5 Å². The van der Waals surface area contributed by atoms with Gasteiger partial charge in [0.1, 0.15) is 0 Å². The Morgan fingerprint density at radius 2 is 1.88 bits per heavy atom. The van der Waals surface area contributed by atoms with E-state index < -0.39 is 0 Å². The molecule has 5 heteroatoms. The Kier molecular flexibility index (Phi) is 8.16. The zero-order valence-electron chi connectivity index (χ0n) is 19.3. The number of halogens is 2. The Labute approximate surface area is 207 Å². The summed E-state index contributed by atoms with van der Waals surface area (Å²) in [5, 5.41) is 1.40. The highest BCUT2D eigenvalue weighted by Gasteiger charge is 2.45. The third-order valence-electron chi connectivity index (χ3n) is 6.99.